The summed E-state index contributed by atoms with van der Waals surface area (Å²) >= 11 is 6.09. The normalized spacial score (nSPS) is 10.2. The molecule has 0 bridgehead atoms. The van der Waals surface area contributed by atoms with E-state index in [1.54, 1.807) is 30.3 Å². The predicted molar refractivity (Wildman–Crippen MR) is 74.3 cm³/mol. The highest BCUT2D eigenvalue weighted by Gasteiger charge is 2.09. The van der Waals surface area contributed by atoms with Crippen molar-refractivity contribution >= 4 is 28.4 Å². The minimum Gasteiger partial charge on any atom is -0.453 e. The quantitative estimate of drug-likeness (QED) is 0.376. The molecule has 1 aromatic heterocycles. The topological polar surface area (TPSA) is 84.0 Å². The standard InChI is InChI=1S/C13H7ClN4O2/c14-9-6-8(17-18-15)4-5-10(9)20-12-3-1-2-11-13(12)16-7-19-11/h1-7H. The Bertz CT molecular complexity index is 824. The third-order valence-electron chi connectivity index (χ3n) is 2.62. The van der Waals surface area contributed by atoms with E-state index in [2.05, 4.69) is 15.0 Å². The van der Waals surface area contributed by atoms with Gasteiger partial charge in [0.05, 0.1) is 5.02 Å². The molecule has 7 heteroatoms. The predicted octanol–water partition coefficient (Wildman–Crippen LogP) is 5.22. The Morgan fingerprint density at radius 1 is 1.25 bits per heavy atom. The Morgan fingerprint density at radius 2 is 2.15 bits per heavy atom. The fourth-order valence-corrected chi connectivity index (χ4v) is 1.96. The molecule has 3 aromatic rings. The van der Waals surface area contributed by atoms with Gasteiger partial charge in [0.25, 0.3) is 0 Å². The van der Waals surface area contributed by atoms with Crippen molar-refractivity contribution in [3.05, 3.63) is 58.3 Å². The molecule has 1 heterocycles. The second-order valence-electron chi connectivity index (χ2n) is 3.86. The minimum absolute atomic E-state index is 0.343. The SMILES string of the molecule is [N-]=[N+]=Nc1ccc(Oc2cccc3ocnc23)c(Cl)c1. The van der Waals surface area contributed by atoms with E-state index in [1.807, 2.05) is 0 Å². The van der Waals surface area contributed by atoms with Crippen LogP contribution in [0, 0.1) is 0 Å². The number of benzene rings is 2. The van der Waals surface area contributed by atoms with Crippen molar-refractivity contribution in [2.24, 2.45) is 5.11 Å². The van der Waals surface area contributed by atoms with Crippen LogP contribution in [-0.2, 0) is 0 Å². The first-order valence-corrected chi connectivity index (χ1v) is 6.00. The lowest BCUT2D eigenvalue weighted by atomic mass is 10.3. The average molecular weight is 287 g/mol. The molecule has 0 unspecified atom stereocenters. The van der Waals surface area contributed by atoms with Crippen LogP contribution in [0.25, 0.3) is 21.5 Å². The smallest absolute Gasteiger partial charge is 0.182 e. The fourth-order valence-electron chi connectivity index (χ4n) is 1.75. The van der Waals surface area contributed by atoms with E-state index in [4.69, 9.17) is 26.3 Å². The lowest BCUT2D eigenvalue weighted by molar-refractivity contribution is 0.487. The van der Waals surface area contributed by atoms with Gasteiger partial charge in [0, 0.05) is 10.6 Å². The molecule has 0 atom stereocenters. The highest BCUT2D eigenvalue weighted by Crippen LogP contribution is 2.35. The fraction of sp³-hybridized carbons (Fsp3) is 0. The summed E-state index contributed by atoms with van der Waals surface area (Å²) in [5, 5.41) is 3.81. The molecule has 0 saturated carbocycles. The summed E-state index contributed by atoms with van der Waals surface area (Å²) in [5.41, 5.74) is 10.0. The monoisotopic (exact) mass is 286 g/mol. The number of ether oxygens (including phenoxy) is 1. The zero-order valence-corrected chi connectivity index (χ0v) is 10.8. The summed E-state index contributed by atoms with van der Waals surface area (Å²) < 4.78 is 10.9. The van der Waals surface area contributed by atoms with Gasteiger partial charge >= 0.3 is 0 Å². The van der Waals surface area contributed by atoms with Crippen molar-refractivity contribution in [2.75, 3.05) is 0 Å². The van der Waals surface area contributed by atoms with Crippen molar-refractivity contribution in [2.45, 2.75) is 0 Å². The highest BCUT2D eigenvalue weighted by molar-refractivity contribution is 6.32. The maximum atomic E-state index is 8.38. The van der Waals surface area contributed by atoms with E-state index in [-0.39, 0.29) is 0 Å². The number of fused-ring (bicyclic) bond motifs is 1. The highest BCUT2D eigenvalue weighted by atomic mass is 35.5. The number of para-hydroxylation sites is 1. The molecular weight excluding hydrogens is 280 g/mol. The first kappa shape index (κ1) is 12.3. The third kappa shape index (κ3) is 2.25. The van der Waals surface area contributed by atoms with Crippen LogP contribution in [0.15, 0.2) is 52.3 Å². The van der Waals surface area contributed by atoms with Crippen LogP contribution >= 0.6 is 11.6 Å². The minimum atomic E-state index is 0.343. The molecule has 0 aliphatic carbocycles. The van der Waals surface area contributed by atoms with E-state index in [0.29, 0.717) is 33.3 Å². The summed E-state index contributed by atoms with van der Waals surface area (Å²) in [6, 6.07) is 10.1. The molecule has 3 rings (SSSR count). The van der Waals surface area contributed by atoms with Gasteiger partial charge in [-0.1, -0.05) is 22.8 Å². The molecule has 0 amide bonds. The maximum absolute atomic E-state index is 8.38. The van der Waals surface area contributed by atoms with Crippen molar-refractivity contribution in [3.63, 3.8) is 0 Å². The van der Waals surface area contributed by atoms with Gasteiger partial charge in [-0.3, -0.25) is 0 Å². The number of aromatic nitrogens is 1. The summed E-state index contributed by atoms with van der Waals surface area (Å²) in [6.45, 7) is 0. The van der Waals surface area contributed by atoms with Crippen LogP contribution in [0.1, 0.15) is 0 Å². The largest absolute Gasteiger partial charge is 0.453 e. The molecule has 0 saturated heterocycles. The van der Waals surface area contributed by atoms with Crippen LogP contribution < -0.4 is 4.74 Å². The summed E-state index contributed by atoms with van der Waals surface area (Å²) in [4.78, 5) is 6.79. The molecule has 0 fully saturated rings. The molecule has 98 valence electrons. The van der Waals surface area contributed by atoms with Gasteiger partial charge in [-0.25, -0.2) is 4.98 Å². The van der Waals surface area contributed by atoms with Crippen molar-refractivity contribution in [1.82, 2.24) is 4.98 Å². The maximum Gasteiger partial charge on any atom is 0.182 e. The van der Waals surface area contributed by atoms with Crippen LogP contribution in [0.2, 0.25) is 5.02 Å². The van der Waals surface area contributed by atoms with Crippen molar-refractivity contribution in [3.8, 4) is 11.5 Å². The van der Waals surface area contributed by atoms with Gasteiger partial charge in [0.2, 0.25) is 0 Å². The number of nitrogens with zero attached hydrogens (tertiary/aromatic N) is 4. The van der Waals surface area contributed by atoms with Gasteiger partial charge in [0.15, 0.2) is 23.2 Å². The first-order valence-electron chi connectivity index (χ1n) is 5.62. The third-order valence-corrected chi connectivity index (χ3v) is 2.91. The van der Waals surface area contributed by atoms with Gasteiger partial charge in [-0.05, 0) is 35.9 Å². The lowest BCUT2D eigenvalue weighted by Gasteiger charge is -2.08. The number of halogens is 1. The molecular formula is C13H7ClN4O2. The molecule has 0 spiro atoms. The second-order valence-corrected chi connectivity index (χ2v) is 4.27. The zero-order valence-electron chi connectivity index (χ0n) is 10.0. The molecule has 0 aliphatic rings. The van der Waals surface area contributed by atoms with Gasteiger partial charge in [0.1, 0.15) is 5.75 Å². The van der Waals surface area contributed by atoms with Crippen LogP contribution in [0.5, 0.6) is 11.5 Å². The number of hydrogen-bond donors (Lipinski definition) is 0. The second kappa shape index (κ2) is 5.13. The number of rotatable bonds is 3. The molecule has 2 aromatic carbocycles. The van der Waals surface area contributed by atoms with Gasteiger partial charge in [-0.2, -0.15) is 0 Å². The summed E-state index contributed by atoms with van der Waals surface area (Å²) in [6.07, 6.45) is 1.35. The lowest BCUT2D eigenvalue weighted by Crippen LogP contribution is -1.86. The van der Waals surface area contributed by atoms with Crippen LogP contribution in [0.4, 0.5) is 5.69 Å². The van der Waals surface area contributed by atoms with E-state index < -0.39 is 0 Å². The van der Waals surface area contributed by atoms with Crippen molar-refractivity contribution < 1.29 is 9.15 Å². The Hall–Kier alpha value is -2.69. The molecule has 0 N–H and O–H groups in total. The molecule has 20 heavy (non-hydrogen) atoms. The average Bonchev–Trinajstić information content (AvgIpc) is 2.91. The van der Waals surface area contributed by atoms with E-state index in [1.165, 1.54) is 12.5 Å². The number of hydrogen-bond acceptors (Lipinski definition) is 4. The zero-order chi connectivity index (χ0) is 13.9. The Kier molecular flexibility index (Phi) is 3.16. The van der Waals surface area contributed by atoms with Gasteiger partial charge < -0.3 is 9.15 Å². The summed E-state index contributed by atoms with van der Waals surface area (Å²) in [5.74, 6) is 0.980. The van der Waals surface area contributed by atoms with Crippen LogP contribution in [-0.4, -0.2) is 4.98 Å². The molecule has 6 nitrogen and oxygen atoms in total. The van der Waals surface area contributed by atoms with Gasteiger partial charge in [-0.15, -0.1) is 0 Å². The molecule has 0 aliphatic heterocycles. The Morgan fingerprint density at radius 3 is 2.95 bits per heavy atom. The van der Waals surface area contributed by atoms with E-state index in [9.17, 15) is 0 Å². The Balaban J connectivity index is 1.99. The van der Waals surface area contributed by atoms with Crippen LogP contribution in [0.3, 0.4) is 0 Å². The molecule has 0 radical (unpaired) electrons. The van der Waals surface area contributed by atoms with E-state index in [0.717, 1.165) is 0 Å². The number of oxazole rings is 1. The van der Waals surface area contributed by atoms with E-state index >= 15 is 0 Å². The summed E-state index contributed by atoms with van der Waals surface area (Å²) in [7, 11) is 0. The number of azide groups is 1. The van der Waals surface area contributed by atoms with Crippen molar-refractivity contribution in [1.29, 1.82) is 0 Å². The first-order chi connectivity index (χ1) is 9.78. The Labute approximate surface area is 118 Å².